The predicted molar refractivity (Wildman–Crippen MR) is 71.6 cm³/mol. The summed E-state index contributed by atoms with van der Waals surface area (Å²) in [6, 6.07) is 7.54. The first-order valence-corrected chi connectivity index (χ1v) is 6.78. The minimum atomic E-state index is -0.725. The predicted octanol–water partition coefficient (Wildman–Crippen LogP) is 1.51. The van der Waals surface area contributed by atoms with Gasteiger partial charge < -0.3 is 9.84 Å². The van der Waals surface area contributed by atoms with Gasteiger partial charge in [0.2, 0.25) is 0 Å². The molecule has 1 aromatic heterocycles. The Hall–Kier alpha value is -1.95. The molecule has 1 N–H and O–H groups in total. The van der Waals surface area contributed by atoms with Crippen molar-refractivity contribution in [3.05, 3.63) is 24.3 Å². The summed E-state index contributed by atoms with van der Waals surface area (Å²) in [5.41, 5.74) is 1.58. The number of hydrogen-bond acceptors (Lipinski definition) is 5. The second kappa shape index (κ2) is 5.20. The standard InChI is InChI=1S/C14H17N3O3/c1-9(18)20-8-10-6-7-11(10)14(19)17-13-5-3-2-4-12(13)15-16-17/h2-5,10-11,14,19H,6-8H2,1H3. The van der Waals surface area contributed by atoms with Gasteiger partial charge >= 0.3 is 5.97 Å². The quantitative estimate of drug-likeness (QED) is 0.856. The van der Waals surface area contributed by atoms with Crippen LogP contribution in [-0.2, 0) is 9.53 Å². The summed E-state index contributed by atoms with van der Waals surface area (Å²) in [4.78, 5) is 10.9. The lowest BCUT2D eigenvalue weighted by Gasteiger charge is -2.38. The van der Waals surface area contributed by atoms with Gasteiger partial charge in [-0.05, 0) is 25.0 Å². The van der Waals surface area contributed by atoms with Gasteiger partial charge in [-0.3, -0.25) is 4.79 Å². The number of carbonyl (C=O) groups is 1. The van der Waals surface area contributed by atoms with Crippen molar-refractivity contribution in [2.24, 2.45) is 11.8 Å². The molecule has 0 radical (unpaired) electrons. The van der Waals surface area contributed by atoms with Crippen molar-refractivity contribution in [1.82, 2.24) is 15.0 Å². The van der Waals surface area contributed by atoms with E-state index in [0.29, 0.717) is 6.61 Å². The lowest BCUT2D eigenvalue weighted by molar-refractivity contribution is -0.147. The third-order valence-electron chi connectivity index (χ3n) is 3.99. The number of aliphatic hydroxyl groups is 1. The van der Waals surface area contributed by atoms with Crippen molar-refractivity contribution in [2.45, 2.75) is 26.0 Å². The van der Waals surface area contributed by atoms with E-state index >= 15 is 0 Å². The van der Waals surface area contributed by atoms with E-state index in [9.17, 15) is 9.90 Å². The van der Waals surface area contributed by atoms with Gasteiger partial charge in [0, 0.05) is 18.8 Å². The van der Waals surface area contributed by atoms with Gasteiger partial charge in [0.25, 0.3) is 0 Å². The Balaban J connectivity index is 1.75. The van der Waals surface area contributed by atoms with Crippen LogP contribution < -0.4 is 0 Å². The molecule has 6 nitrogen and oxygen atoms in total. The topological polar surface area (TPSA) is 77.2 Å². The molecule has 0 saturated heterocycles. The lowest BCUT2D eigenvalue weighted by Crippen LogP contribution is -2.37. The first-order chi connectivity index (χ1) is 9.66. The maximum atomic E-state index is 10.9. The molecule has 6 heteroatoms. The van der Waals surface area contributed by atoms with Crippen LogP contribution >= 0.6 is 0 Å². The molecule has 2 aromatic rings. The van der Waals surface area contributed by atoms with Gasteiger partial charge in [-0.2, -0.15) is 0 Å². The lowest BCUT2D eigenvalue weighted by atomic mass is 9.73. The first-order valence-electron chi connectivity index (χ1n) is 6.78. The zero-order valence-electron chi connectivity index (χ0n) is 11.3. The average Bonchev–Trinajstić information content (AvgIpc) is 2.81. The zero-order valence-corrected chi connectivity index (χ0v) is 11.3. The maximum Gasteiger partial charge on any atom is 0.302 e. The normalized spacial score (nSPS) is 23.3. The molecule has 0 spiro atoms. The molecule has 1 aromatic carbocycles. The molecular weight excluding hydrogens is 258 g/mol. The van der Waals surface area contributed by atoms with Crippen LogP contribution in [0, 0.1) is 11.8 Å². The minimum Gasteiger partial charge on any atom is -0.466 e. The summed E-state index contributed by atoms with van der Waals surface area (Å²) < 4.78 is 6.59. The number of rotatable bonds is 4. The van der Waals surface area contributed by atoms with E-state index in [1.165, 1.54) is 6.92 Å². The summed E-state index contributed by atoms with van der Waals surface area (Å²) in [6.07, 6.45) is 1.14. The third kappa shape index (κ3) is 2.27. The Labute approximate surface area is 116 Å². The fourth-order valence-corrected chi connectivity index (χ4v) is 2.68. The molecule has 0 amide bonds. The molecule has 1 heterocycles. The van der Waals surface area contributed by atoms with Gasteiger partial charge in [0.1, 0.15) is 5.52 Å². The number of ether oxygens (including phenoxy) is 1. The number of benzene rings is 1. The molecular formula is C14H17N3O3. The summed E-state index contributed by atoms with van der Waals surface area (Å²) in [7, 11) is 0. The van der Waals surface area contributed by atoms with E-state index in [1.807, 2.05) is 24.3 Å². The number of nitrogens with zero attached hydrogens (tertiary/aromatic N) is 3. The molecule has 1 aliphatic rings. The van der Waals surface area contributed by atoms with E-state index in [2.05, 4.69) is 10.3 Å². The van der Waals surface area contributed by atoms with Crippen LogP contribution in [0.15, 0.2) is 24.3 Å². The first kappa shape index (κ1) is 13.1. The molecule has 20 heavy (non-hydrogen) atoms. The SMILES string of the molecule is CC(=O)OCC1CCC1C(O)n1nnc2ccccc21. The highest BCUT2D eigenvalue weighted by Gasteiger charge is 2.38. The number of fused-ring (bicyclic) bond motifs is 1. The van der Waals surface area contributed by atoms with Crippen LogP contribution in [0.25, 0.3) is 11.0 Å². The largest absolute Gasteiger partial charge is 0.466 e. The van der Waals surface area contributed by atoms with E-state index in [-0.39, 0.29) is 17.8 Å². The van der Waals surface area contributed by atoms with Crippen LogP contribution in [0.5, 0.6) is 0 Å². The number of carbonyl (C=O) groups excluding carboxylic acids is 1. The molecule has 0 aliphatic heterocycles. The van der Waals surface area contributed by atoms with Gasteiger partial charge in [-0.1, -0.05) is 17.3 Å². The van der Waals surface area contributed by atoms with Crippen LogP contribution in [0.2, 0.25) is 0 Å². The van der Waals surface area contributed by atoms with E-state index in [4.69, 9.17) is 4.74 Å². The highest BCUT2D eigenvalue weighted by atomic mass is 16.5. The molecule has 0 bridgehead atoms. The third-order valence-corrected chi connectivity index (χ3v) is 3.99. The molecule has 1 fully saturated rings. The molecule has 3 atom stereocenters. The summed E-state index contributed by atoms with van der Waals surface area (Å²) in [5.74, 6) is -0.0346. The molecule has 3 rings (SSSR count). The van der Waals surface area contributed by atoms with E-state index in [0.717, 1.165) is 23.9 Å². The van der Waals surface area contributed by atoms with Gasteiger partial charge in [-0.25, -0.2) is 4.68 Å². The second-order valence-electron chi connectivity index (χ2n) is 5.24. The van der Waals surface area contributed by atoms with Gasteiger partial charge in [0.15, 0.2) is 6.23 Å². The maximum absolute atomic E-state index is 10.9. The fourth-order valence-electron chi connectivity index (χ4n) is 2.68. The van der Waals surface area contributed by atoms with Crippen LogP contribution in [0.3, 0.4) is 0 Å². The minimum absolute atomic E-state index is 0.0551. The molecule has 3 unspecified atom stereocenters. The molecule has 1 saturated carbocycles. The van der Waals surface area contributed by atoms with Crippen LogP contribution in [0.1, 0.15) is 26.0 Å². The zero-order chi connectivity index (χ0) is 14.1. The van der Waals surface area contributed by atoms with Gasteiger partial charge in [-0.15, -0.1) is 5.10 Å². The van der Waals surface area contributed by atoms with Crippen molar-refractivity contribution in [2.75, 3.05) is 6.61 Å². The van der Waals surface area contributed by atoms with Crippen molar-refractivity contribution in [3.8, 4) is 0 Å². The number of aliphatic hydroxyl groups excluding tert-OH is 1. The average molecular weight is 275 g/mol. The number of aromatic nitrogens is 3. The van der Waals surface area contributed by atoms with Crippen molar-refractivity contribution in [3.63, 3.8) is 0 Å². The van der Waals surface area contributed by atoms with Crippen molar-refractivity contribution >= 4 is 17.0 Å². The number of esters is 1. The highest BCUT2D eigenvalue weighted by molar-refractivity contribution is 5.73. The van der Waals surface area contributed by atoms with Crippen molar-refractivity contribution in [1.29, 1.82) is 0 Å². The smallest absolute Gasteiger partial charge is 0.302 e. The Morgan fingerprint density at radius 1 is 1.50 bits per heavy atom. The van der Waals surface area contributed by atoms with Gasteiger partial charge in [0.05, 0.1) is 12.1 Å². The van der Waals surface area contributed by atoms with Crippen LogP contribution in [-0.4, -0.2) is 32.7 Å². The van der Waals surface area contributed by atoms with E-state index < -0.39 is 6.23 Å². The molecule has 1 aliphatic carbocycles. The van der Waals surface area contributed by atoms with E-state index in [1.54, 1.807) is 4.68 Å². The summed E-state index contributed by atoms with van der Waals surface area (Å²) in [5, 5.41) is 18.6. The Morgan fingerprint density at radius 3 is 3.00 bits per heavy atom. The Kier molecular flexibility index (Phi) is 3.40. The molecule has 106 valence electrons. The second-order valence-corrected chi connectivity index (χ2v) is 5.24. The Bertz CT molecular complexity index is 625. The van der Waals surface area contributed by atoms with Crippen molar-refractivity contribution < 1.29 is 14.6 Å². The highest BCUT2D eigenvalue weighted by Crippen LogP contribution is 2.41. The fraction of sp³-hybridized carbons (Fsp3) is 0.500. The number of hydrogen-bond donors (Lipinski definition) is 1. The Morgan fingerprint density at radius 2 is 2.30 bits per heavy atom. The monoisotopic (exact) mass is 275 g/mol. The summed E-state index contributed by atoms with van der Waals surface area (Å²) in [6.45, 7) is 1.76. The van der Waals surface area contributed by atoms with Crippen LogP contribution in [0.4, 0.5) is 0 Å². The number of para-hydroxylation sites is 1. The summed E-state index contributed by atoms with van der Waals surface area (Å²) >= 11 is 0.